The molecule has 0 aliphatic carbocycles. The Bertz CT molecular complexity index is 990. The number of hydrogen-bond donors (Lipinski definition) is 0. The smallest absolute Gasteiger partial charge is 0.255 e. The molecule has 1 atom stereocenters. The third-order valence-corrected chi connectivity index (χ3v) is 7.99. The predicted molar refractivity (Wildman–Crippen MR) is 109 cm³/mol. The van der Waals surface area contributed by atoms with Crippen molar-refractivity contribution in [1.29, 1.82) is 0 Å². The molecule has 2 fully saturated rings. The van der Waals surface area contributed by atoms with E-state index in [-0.39, 0.29) is 18.8 Å². The van der Waals surface area contributed by atoms with Gasteiger partial charge in [0.25, 0.3) is 5.89 Å². The molecule has 1 aromatic heterocycles. The summed E-state index contributed by atoms with van der Waals surface area (Å²) in [5.41, 5.74) is 2.87. The number of hydrogen-bond acceptors (Lipinski definition) is 7. The molecule has 8 nitrogen and oxygen atoms in total. The summed E-state index contributed by atoms with van der Waals surface area (Å²) in [5.74, 6) is 1.01. The van der Waals surface area contributed by atoms with Gasteiger partial charge in [-0.25, -0.2) is 8.42 Å². The number of piperidine rings is 1. The van der Waals surface area contributed by atoms with E-state index in [0.717, 1.165) is 36.1 Å². The normalized spacial score (nSPS) is 21.4. The fourth-order valence-electron chi connectivity index (χ4n) is 4.01. The summed E-state index contributed by atoms with van der Waals surface area (Å²) in [5, 5.41) is 3.97. The van der Waals surface area contributed by atoms with Gasteiger partial charge in [-0.1, -0.05) is 11.2 Å². The number of benzene rings is 1. The van der Waals surface area contributed by atoms with E-state index in [9.17, 15) is 8.42 Å². The maximum Gasteiger partial charge on any atom is 0.255 e. The molecule has 2 aromatic rings. The van der Waals surface area contributed by atoms with E-state index < -0.39 is 10.0 Å². The van der Waals surface area contributed by atoms with Crippen LogP contribution in [0.15, 0.2) is 21.6 Å². The van der Waals surface area contributed by atoms with Crippen LogP contribution in [0.5, 0.6) is 0 Å². The third-order valence-electron chi connectivity index (χ3n) is 5.95. The summed E-state index contributed by atoms with van der Waals surface area (Å²) < 4.78 is 44.6. The fourth-order valence-corrected chi connectivity index (χ4v) is 5.77. The van der Waals surface area contributed by atoms with Crippen molar-refractivity contribution < 1.29 is 22.4 Å². The van der Waals surface area contributed by atoms with Crippen LogP contribution in [0.3, 0.4) is 0 Å². The van der Waals surface area contributed by atoms with Gasteiger partial charge in [0.15, 0.2) is 5.82 Å². The molecule has 0 spiro atoms. The molecule has 1 unspecified atom stereocenters. The Morgan fingerprint density at radius 1 is 1.10 bits per heavy atom. The average Bonchev–Trinajstić information content (AvgIpc) is 3.41. The molecule has 9 heteroatoms. The summed E-state index contributed by atoms with van der Waals surface area (Å²) in [4.78, 5) is 4.76. The molecule has 0 saturated carbocycles. The SMILES string of the molecule is Cc1cc(C)c(S(=O)(=O)N2CCC(OCc3noc(C4CCCO4)n3)CC2)cc1C. The highest BCUT2D eigenvalue weighted by atomic mass is 32.2. The zero-order valence-corrected chi connectivity index (χ0v) is 18.6. The molecule has 1 aromatic carbocycles. The standard InChI is InChI=1S/C21H29N3O5S/c1-14-11-16(3)19(12-15(14)2)30(25,26)24-8-6-17(7-9-24)28-13-20-22-21(29-23-20)18-5-4-10-27-18/h11-12,17-18H,4-10,13H2,1-3H3. The van der Waals surface area contributed by atoms with Crippen molar-refractivity contribution in [3.05, 3.63) is 40.5 Å². The Kier molecular flexibility index (Phi) is 6.24. The van der Waals surface area contributed by atoms with Crippen molar-refractivity contribution in [2.24, 2.45) is 0 Å². The Morgan fingerprint density at radius 2 is 1.83 bits per heavy atom. The first-order valence-corrected chi connectivity index (χ1v) is 11.9. The number of nitrogens with zero attached hydrogens (tertiary/aromatic N) is 3. The second kappa shape index (κ2) is 8.74. The minimum Gasteiger partial charge on any atom is -0.370 e. The van der Waals surface area contributed by atoms with Crippen molar-refractivity contribution in [2.75, 3.05) is 19.7 Å². The maximum absolute atomic E-state index is 13.1. The molecule has 0 amide bonds. The van der Waals surface area contributed by atoms with Crippen molar-refractivity contribution in [3.63, 3.8) is 0 Å². The van der Waals surface area contributed by atoms with Crippen LogP contribution in [0.25, 0.3) is 0 Å². The lowest BCUT2D eigenvalue weighted by molar-refractivity contribution is 0.00636. The molecular weight excluding hydrogens is 406 g/mol. The van der Waals surface area contributed by atoms with Crippen molar-refractivity contribution >= 4 is 10.0 Å². The lowest BCUT2D eigenvalue weighted by atomic mass is 10.1. The summed E-state index contributed by atoms with van der Waals surface area (Å²) in [6.07, 6.45) is 3.05. The zero-order valence-electron chi connectivity index (χ0n) is 17.8. The Labute approximate surface area is 177 Å². The van der Waals surface area contributed by atoms with Gasteiger partial charge in [-0.3, -0.25) is 0 Å². The molecule has 2 aliphatic rings. The molecule has 2 saturated heterocycles. The largest absolute Gasteiger partial charge is 0.370 e. The number of aromatic nitrogens is 2. The van der Waals surface area contributed by atoms with Crippen LogP contribution >= 0.6 is 0 Å². The molecule has 3 heterocycles. The van der Waals surface area contributed by atoms with E-state index in [1.165, 1.54) is 0 Å². The average molecular weight is 436 g/mol. The second-order valence-corrected chi connectivity index (χ2v) is 10.1. The molecule has 30 heavy (non-hydrogen) atoms. The van der Waals surface area contributed by atoms with E-state index in [4.69, 9.17) is 14.0 Å². The highest BCUT2D eigenvalue weighted by Gasteiger charge is 2.31. The molecule has 2 aliphatic heterocycles. The van der Waals surface area contributed by atoms with Crippen LogP contribution < -0.4 is 0 Å². The molecule has 164 valence electrons. The van der Waals surface area contributed by atoms with Crippen molar-refractivity contribution in [2.45, 2.75) is 70.2 Å². The molecular formula is C21H29N3O5S. The van der Waals surface area contributed by atoms with Crippen LogP contribution in [0.2, 0.25) is 0 Å². The first kappa shape index (κ1) is 21.4. The predicted octanol–water partition coefficient (Wildman–Crippen LogP) is 3.22. The minimum atomic E-state index is -3.50. The van der Waals surface area contributed by atoms with Gasteiger partial charge in [-0.15, -0.1) is 0 Å². The van der Waals surface area contributed by atoms with Gasteiger partial charge in [-0.2, -0.15) is 9.29 Å². The van der Waals surface area contributed by atoms with Gasteiger partial charge in [0.2, 0.25) is 10.0 Å². The number of sulfonamides is 1. The first-order valence-electron chi connectivity index (χ1n) is 10.5. The summed E-state index contributed by atoms with van der Waals surface area (Å²) in [7, 11) is -3.50. The van der Waals surface area contributed by atoms with E-state index in [1.807, 2.05) is 26.8 Å². The van der Waals surface area contributed by atoms with Crippen LogP contribution in [0.1, 0.15) is 60.2 Å². The van der Waals surface area contributed by atoms with Crippen molar-refractivity contribution in [3.8, 4) is 0 Å². The Hall–Kier alpha value is -1.81. The molecule has 0 radical (unpaired) electrons. The van der Waals surface area contributed by atoms with Crippen LogP contribution in [-0.4, -0.2) is 48.7 Å². The number of rotatable bonds is 6. The zero-order chi connectivity index (χ0) is 21.3. The molecule has 0 N–H and O–H groups in total. The monoisotopic (exact) mass is 435 g/mol. The van der Waals surface area contributed by atoms with Crippen LogP contribution in [0.4, 0.5) is 0 Å². The Morgan fingerprint density at radius 3 is 2.53 bits per heavy atom. The van der Waals surface area contributed by atoms with Crippen LogP contribution in [-0.2, 0) is 26.1 Å². The number of ether oxygens (including phenoxy) is 2. The van der Waals surface area contributed by atoms with Gasteiger partial charge >= 0.3 is 0 Å². The summed E-state index contributed by atoms with van der Waals surface area (Å²) >= 11 is 0. The lowest BCUT2D eigenvalue weighted by Crippen LogP contribution is -2.41. The van der Waals surface area contributed by atoms with Crippen molar-refractivity contribution in [1.82, 2.24) is 14.4 Å². The fraction of sp³-hybridized carbons (Fsp3) is 0.619. The lowest BCUT2D eigenvalue weighted by Gasteiger charge is -2.31. The maximum atomic E-state index is 13.1. The van der Waals surface area contributed by atoms with Gasteiger partial charge in [0.05, 0.1) is 11.0 Å². The summed E-state index contributed by atoms with van der Waals surface area (Å²) in [6.45, 7) is 7.64. The topological polar surface area (TPSA) is 94.8 Å². The molecule has 0 bridgehead atoms. The third kappa shape index (κ3) is 4.44. The highest BCUT2D eigenvalue weighted by molar-refractivity contribution is 7.89. The van der Waals surface area contributed by atoms with E-state index in [0.29, 0.717) is 42.5 Å². The van der Waals surface area contributed by atoms with Gasteiger partial charge in [-0.05, 0) is 69.2 Å². The first-order chi connectivity index (χ1) is 14.3. The van der Waals surface area contributed by atoms with Gasteiger partial charge in [0, 0.05) is 19.7 Å². The minimum absolute atomic E-state index is 0.0259. The van der Waals surface area contributed by atoms with E-state index in [1.54, 1.807) is 10.4 Å². The van der Waals surface area contributed by atoms with Gasteiger partial charge < -0.3 is 14.0 Å². The van der Waals surface area contributed by atoms with E-state index >= 15 is 0 Å². The second-order valence-electron chi connectivity index (χ2n) is 8.17. The quantitative estimate of drug-likeness (QED) is 0.687. The van der Waals surface area contributed by atoms with E-state index in [2.05, 4.69) is 10.1 Å². The summed E-state index contributed by atoms with van der Waals surface area (Å²) in [6, 6.07) is 3.72. The number of aryl methyl sites for hydroxylation is 3. The highest BCUT2D eigenvalue weighted by Crippen LogP contribution is 2.28. The van der Waals surface area contributed by atoms with Crippen LogP contribution in [0, 0.1) is 20.8 Å². The van der Waals surface area contributed by atoms with Gasteiger partial charge in [0.1, 0.15) is 12.7 Å². The Balaban J connectivity index is 1.32. The molecule has 4 rings (SSSR count).